The van der Waals surface area contributed by atoms with Gasteiger partial charge < -0.3 is 9.47 Å². The normalized spacial score (nSPS) is 13.7. The van der Waals surface area contributed by atoms with Crippen LogP contribution in [0.1, 0.15) is 26.7 Å². The molecule has 0 aromatic heterocycles. The molecule has 1 aliphatic carbocycles. The van der Waals surface area contributed by atoms with Crippen molar-refractivity contribution < 1.29 is 19.1 Å². The molecule has 4 nitrogen and oxygen atoms in total. The number of ether oxygens (including phenoxy) is 2. The number of hydrogen-bond donors (Lipinski definition) is 0. The van der Waals surface area contributed by atoms with Gasteiger partial charge in [-0.05, 0) is 12.8 Å². The first-order valence-corrected chi connectivity index (χ1v) is 3.68. The second-order valence-corrected chi connectivity index (χ2v) is 2.58. The van der Waals surface area contributed by atoms with E-state index in [2.05, 4.69) is 9.47 Å². The number of hydrogen-bond acceptors (Lipinski definition) is 4. The summed E-state index contributed by atoms with van der Waals surface area (Å²) in [5.74, 6) is -0.855. The molecule has 0 atom stereocenters. The van der Waals surface area contributed by atoms with E-state index in [0.29, 0.717) is 0 Å². The lowest BCUT2D eigenvalue weighted by Crippen LogP contribution is -2.06. The van der Waals surface area contributed by atoms with Crippen LogP contribution < -0.4 is 0 Å². The smallest absolute Gasteiger partial charge is 0.310 e. The monoisotopic (exact) mass is 170 g/mol. The lowest BCUT2D eigenvalue weighted by molar-refractivity contribution is -0.151. The van der Waals surface area contributed by atoms with Gasteiger partial charge in [0.1, 0.15) is 0 Å². The largest absolute Gasteiger partial charge is 0.393 e. The van der Waals surface area contributed by atoms with Crippen molar-refractivity contribution in [2.45, 2.75) is 26.7 Å². The maximum absolute atomic E-state index is 10.5. The highest BCUT2D eigenvalue weighted by atomic mass is 16.7. The SMILES string of the molecule is CC(=O)OC(OC(C)=O)=C1CC1. The van der Waals surface area contributed by atoms with Crippen LogP contribution in [-0.4, -0.2) is 11.9 Å². The molecule has 0 unspecified atom stereocenters. The molecule has 0 radical (unpaired) electrons. The number of carbonyl (C=O) groups is 2. The minimum absolute atomic E-state index is 0.0787. The third-order valence-corrected chi connectivity index (χ3v) is 1.26. The zero-order valence-corrected chi connectivity index (χ0v) is 7.05. The summed E-state index contributed by atoms with van der Waals surface area (Å²) < 4.78 is 9.37. The van der Waals surface area contributed by atoms with Gasteiger partial charge in [-0.3, -0.25) is 9.59 Å². The molecule has 0 aliphatic heterocycles. The molecule has 1 aliphatic rings. The van der Waals surface area contributed by atoms with Gasteiger partial charge in [0.2, 0.25) is 0 Å². The Morgan fingerprint density at radius 2 is 1.50 bits per heavy atom. The lowest BCUT2D eigenvalue weighted by atomic mass is 10.6. The minimum atomic E-state index is -0.467. The highest BCUT2D eigenvalue weighted by Crippen LogP contribution is 2.32. The van der Waals surface area contributed by atoms with Gasteiger partial charge in [0.05, 0.1) is 0 Å². The first kappa shape index (κ1) is 8.77. The molecule has 0 saturated heterocycles. The Morgan fingerprint density at radius 1 is 1.08 bits per heavy atom. The summed E-state index contributed by atoms with van der Waals surface area (Å²) in [4.78, 5) is 21.0. The van der Waals surface area contributed by atoms with Gasteiger partial charge >= 0.3 is 11.9 Å². The molecule has 0 heterocycles. The summed E-state index contributed by atoms with van der Waals surface area (Å²) in [5.41, 5.74) is 0.889. The predicted octanol–water partition coefficient (Wildman–Crippen LogP) is 1.12. The average molecular weight is 170 g/mol. The third kappa shape index (κ3) is 2.74. The van der Waals surface area contributed by atoms with Crippen LogP contribution in [0.25, 0.3) is 0 Å². The van der Waals surface area contributed by atoms with Crippen LogP contribution >= 0.6 is 0 Å². The maximum atomic E-state index is 10.5. The van der Waals surface area contributed by atoms with Gasteiger partial charge in [-0.2, -0.15) is 0 Å². The molecule has 0 N–H and O–H groups in total. The molecular formula is C8H10O4. The average Bonchev–Trinajstić information content (AvgIpc) is 2.63. The molecule has 1 saturated carbocycles. The van der Waals surface area contributed by atoms with Crippen molar-refractivity contribution in [1.29, 1.82) is 0 Å². The second-order valence-electron chi connectivity index (χ2n) is 2.58. The highest BCUT2D eigenvalue weighted by molar-refractivity contribution is 5.70. The quantitative estimate of drug-likeness (QED) is 0.460. The van der Waals surface area contributed by atoms with E-state index in [9.17, 15) is 9.59 Å². The summed E-state index contributed by atoms with van der Waals surface area (Å²) in [6, 6.07) is 0. The number of allylic oxidation sites excluding steroid dienone is 1. The number of esters is 2. The Balaban J connectivity index is 2.57. The molecule has 4 heteroatoms. The van der Waals surface area contributed by atoms with Gasteiger partial charge in [-0.15, -0.1) is 0 Å². The van der Waals surface area contributed by atoms with Crippen molar-refractivity contribution in [3.05, 3.63) is 11.5 Å². The summed E-state index contributed by atoms with van der Waals surface area (Å²) in [6.07, 6.45) is 1.69. The van der Waals surface area contributed by atoms with Gasteiger partial charge in [-0.1, -0.05) is 0 Å². The van der Waals surface area contributed by atoms with Gasteiger partial charge in [0.15, 0.2) is 0 Å². The number of carbonyl (C=O) groups excluding carboxylic acids is 2. The van der Waals surface area contributed by atoms with Crippen LogP contribution in [0, 0.1) is 0 Å². The fourth-order valence-corrected chi connectivity index (χ4v) is 0.693. The molecule has 12 heavy (non-hydrogen) atoms. The van der Waals surface area contributed by atoms with Crippen LogP contribution in [0.5, 0.6) is 0 Å². The summed E-state index contributed by atoms with van der Waals surface area (Å²) in [5, 5.41) is 0. The minimum Gasteiger partial charge on any atom is -0.393 e. The molecular weight excluding hydrogens is 160 g/mol. The Kier molecular flexibility index (Phi) is 2.47. The Morgan fingerprint density at radius 3 is 1.75 bits per heavy atom. The molecule has 0 bridgehead atoms. The second kappa shape index (κ2) is 3.38. The first-order chi connectivity index (χ1) is 5.59. The van der Waals surface area contributed by atoms with E-state index in [1.54, 1.807) is 0 Å². The van der Waals surface area contributed by atoms with E-state index in [4.69, 9.17) is 0 Å². The Bertz CT molecular complexity index is 228. The van der Waals surface area contributed by atoms with E-state index in [0.717, 1.165) is 18.4 Å². The standard InChI is InChI=1S/C8H10O4/c1-5(9)11-8(7-3-4-7)12-6(2)10/h3-4H2,1-2H3. The van der Waals surface area contributed by atoms with Crippen molar-refractivity contribution in [2.24, 2.45) is 0 Å². The van der Waals surface area contributed by atoms with Crippen LogP contribution in [0.3, 0.4) is 0 Å². The van der Waals surface area contributed by atoms with Crippen molar-refractivity contribution >= 4 is 11.9 Å². The van der Waals surface area contributed by atoms with Gasteiger partial charge in [-0.25, -0.2) is 0 Å². The highest BCUT2D eigenvalue weighted by Gasteiger charge is 2.23. The molecule has 66 valence electrons. The van der Waals surface area contributed by atoms with Gasteiger partial charge in [0.25, 0.3) is 5.95 Å². The summed E-state index contributed by atoms with van der Waals surface area (Å²) >= 11 is 0. The van der Waals surface area contributed by atoms with Crippen molar-refractivity contribution in [1.82, 2.24) is 0 Å². The Hall–Kier alpha value is -1.32. The van der Waals surface area contributed by atoms with E-state index in [1.165, 1.54) is 13.8 Å². The number of rotatable bonds is 2. The van der Waals surface area contributed by atoms with Crippen LogP contribution in [0.4, 0.5) is 0 Å². The van der Waals surface area contributed by atoms with E-state index in [1.807, 2.05) is 0 Å². The molecule has 0 amide bonds. The van der Waals surface area contributed by atoms with Crippen LogP contribution in [0.15, 0.2) is 11.5 Å². The zero-order valence-electron chi connectivity index (χ0n) is 7.05. The molecule has 1 fully saturated rings. The lowest BCUT2D eigenvalue weighted by Gasteiger charge is -2.04. The van der Waals surface area contributed by atoms with Crippen LogP contribution in [0.2, 0.25) is 0 Å². The van der Waals surface area contributed by atoms with Crippen molar-refractivity contribution in [3.8, 4) is 0 Å². The summed E-state index contributed by atoms with van der Waals surface area (Å²) in [6.45, 7) is 2.54. The van der Waals surface area contributed by atoms with Crippen molar-refractivity contribution in [2.75, 3.05) is 0 Å². The topological polar surface area (TPSA) is 52.6 Å². The first-order valence-electron chi connectivity index (χ1n) is 3.68. The maximum Gasteiger partial charge on any atom is 0.310 e. The fraction of sp³-hybridized carbons (Fsp3) is 0.500. The molecule has 0 aromatic rings. The fourth-order valence-electron chi connectivity index (χ4n) is 0.693. The molecule has 0 spiro atoms. The third-order valence-electron chi connectivity index (χ3n) is 1.26. The van der Waals surface area contributed by atoms with E-state index < -0.39 is 11.9 Å². The predicted molar refractivity (Wildman–Crippen MR) is 39.8 cm³/mol. The van der Waals surface area contributed by atoms with E-state index >= 15 is 0 Å². The summed E-state index contributed by atoms with van der Waals surface area (Å²) in [7, 11) is 0. The van der Waals surface area contributed by atoms with E-state index in [-0.39, 0.29) is 5.95 Å². The van der Waals surface area contributed by atoms with Gasteiger partial charge in [0, 0.05) is 19.4 Å². The Labute approximate surface area is 70.1 Å². The molecule has 0 aromatic carbocycles. The van der Waals surface area contributed by atoms with Crippen LogP contribution in [-0.2, 0) is 19.1 Å². The molecule has 1 rings (SSSR count). The van der Waals surface area contributed by atoms with Crippen molar-refractivity contribution in [3.63, 3.8) is 0 Å². The zero-order chi connectivity index (χ0) is 9.14.